The number of halogens is 1. The number of rotatable bonds is 3. The number of aromatic nitrogens is 1. The molecule has 14 heavy (non-hydrogen) atoms. The van der Waals surface area contributed by atoms with E-state index in [4.69, 9.17) is 9.47 Å². The Balaban J connectivity index is 1.76. The highest BCUT2D eigenvalue weighted by Gasteiger charge is 2.14. The molecule has 2 heterocycles. The normalized spacial score (nSPS) is 22.2. The number of thiazole rings is 1. The fourth-order valence-corrected chi connectivity index (χ4v) is 2.31. The Morgan fingerprint density at radius 3 is 3.21 bits per heavy atom. The van der Waals surface area contributed by atoms with Gasteiger partial charge in [0.1, 0.15) is 0 Å². The number of ether oxygens (including phenoxy) is 2. The maximum absolute atomic E-state index is 5.48. The number of anilines is 1. The van der Waals surface area contributed by atoms with Gasteiger partial charge in [-0.1, -0.05) is 11.3 Å². The maximum atomic E-state index is 5.48. The van der Waals surface area contributed by atoms with E-state index in [0.717, 1.165) is 15.5 Å². The third kappa shape index (κ3) is 2.91. The Bertz CT molecular complexity index is 289. The first-order valence-corrected chi connectivity index (χ1v) is 6.00. The van der Waals surface area contributed by atoms with Crippen LogP contribution < -0.4 is 5.32 Å². The van der Waals surface area contributed by atoms with E-state index in [1.54, 1.807) is 17.5 Å². The standard InChI is InChI=1S/C8H11BrN2O2S/c9-7-4-11-8(14-7)10-3-6-5-12-1-2-13-6/h4,6H,1-3,5H2,(H,10,11). The van der Waals surface area contributed by atoms with E-state index in [0.29, 0.717) is 19.8 Å². The van der Waals surface area contributed by atoms with Crippen molar-refractivity contribution in [3.63, 3.8) is 0 Å². The number of nitrogens with zero attached hydrogens (tertiary/aromatic N) is 1. The van der Waals surface area contributed by atoms with Gasteiger partial charge >= 0.3 is 0 Å². The highest BCUT2D eigenvalue weighted by Crippen LogP contribution is 2.23. The number of hydrogen-bond acceptors (Lipinski definition) is 5. The lowest BCUT2D eigenvalue weighted by Crippen LogP contribution is -2.34. The number of hydrogen-bond donors (Lipinski definition) is 1. The summed E-state index contributed by atoms with van der Waals surface area (Å²) in [5.41, 5.74) is 0. The largest absolute Gasteiger partial charge is 0.376 e. The van der Waals surface area contributed by atoms with Crippen LogP contribution >= 0.6 is 27.3 Å². The van der Waals surface area contributed by atoms with Crippen LogP contribution in [0.5, 0.6) is 0 Å². The highest BCUT2D eigenvalue weighted by atomic mass is 79.9. The van der Waals surface area contributed by atoms with Crippen molar-refractivity contribution in [2.75, 3.05) is 31.7 Å². The molecule has 0 radical (unpaired) electrons. The van der Waals surface area contributed by atoms with Crippen molar-refractivity contribution in [2.45, 2.75) is 6.10 Å². The minimum absolute atomic E-state index is 0.145. The second-order valence-electron chi connectivity index (χ2n) is 2.92. The second kappa shape index (κ2) is 5.06. The molecule has 1 fully saturated rings. The first kappa shape index (κ1) is 10.4. The molecule has 0 saturated carbocycles. The summed E-state index contributed by atoms with van der Waals surface area (Å²) in [6, 6.07) is 0. The lowest BCUT2D eigenvalue weighted by molar-refractivity contribution is -0.0818. The summed E-state index contributed by atoms with van der Waals surface area (Å²) in [4.78, 5) is 4.16. The van der Waals surface area contributed by atoms with Gasteiger partial charge in [-0.2, -0.15) is 0 Å². The molecule has 1 aliphatic heterocycles. The molecule has 0 aliphatic carbocycles. The van der Waals surface area contributed by atoms with Crippen molar-refractivity contribution in [3.8, 4) is 0 Å². The van der Waals surface area contributed by atoms with E-state index < -0.39 is 0 Å². The zero-order valence-corrected chi connectivity index (χ0v) is 9.94. The van der Waals surface area contributed by atoms with Crippen molar-refractivity contribution < 1.29 is 9.47 Å². The van der Waals surface area contributed by atoms with Crippen LogP contribution in [0, 0.1) is 0 Å². The van der Waals surface area contributed by atoms with Crippen LogP contribution in [-0.2, 0) is 9.47 Å². The van der Waals surface area contributed by atoms with Gasteiger partial charge in [0.15, 0.2) is 5.13 Å². The number of nitrogens with one attached hydrogen (secondary N) is 1. The van der Waals surface area contributed by atoms with E-state index in [2.05, 4.69) is 26.2 Å². The zero-order valence-electron chi connectivity index (χ0n) is 7.53. The van der Waals surface area contributed by atoms with Gasteiger partial charge in [-0.3, -0.25) is 0 Å². The van der Waals surface area contributed by atoms with Crippen LogP contribution in [0.25, 0.3) is 0 Å². The first-order chi connectivity index (χ1) is 6.84. The summed E-state index contributed by atoms with van der Waals surface area (Å²) in [6.07, 6.45) is 1.93. The van der Waals surface area contributed by atoms with E-state index >= 15 is 0 Å². The van der Waals surface area contributed by atoms with Gasteiger partial charge in [-0.05, 0) is 15.9 Å². The molecule has 1 aromatic heterocycles. The minimum atomic E-state index is 0.145. The Kier molecular flexibility index (Phi) is 3.74. The molecular weight excluding hydrogens is 268 g/mol. The van der Waals surface area contributed by atoms with E-state index in [1.807, 2.05) is 0 Å². The lowest BCUT2D eigenvalue weighted by atomic mass is 10.3. The molecule has 4 nitrogen and oxygen atoms in total. The molecule has 1 aliphatic rings. The fraction of sp³-hybridized carbons (Fsp3) is 0.625. The maximum Gasteiger partial charge on any atom is 0.183 e. The molecule has 1 N–H and O–H groups in total. The molecule has 2 rings (SSSR count). The summed E-state index contributed by atoms with van der Waals surface area (Å²) >= 11 is 4.93. The van der Waals surface area contributed by atoms with Crippen molar-refractivity contribution in [3.05, 3.63) is 9.98 Å². The van der Waals surface area contributed by atoms with Crippen molar-refractivity contribution in [2.24, 2.45) is 0 Å². The topological polar surface area (TPSA) is 43.4 Å². The van der Waals surface area contributed by atoms with Crippen LogP contribution in [0.1, 0.15) is 0 Å². The molecule has 0 aromatic carbocycles. The Hall–Kier alpha value is -0.170. The fourth-order valence-electron chi connectivity index (χ4n) is 1.19. The predicted molar refractivity (Wildman–Crippen MR) is 58.9 cm³/mol. The van der Waals surface area contributed by atoms with Crippen LogP contribution in [0.2, 0.25) is 0 Å². The van der Waals surface area contributed by atoms with Crippen molar-refractivity contribution in [1.29, 1.82) is 0 Å². The summed E-state index contributed by atoms with van der Waals surface area (Å²) in [5, 5.41) is 4.12. The van der Waals surface area contributed by atoms with E-state index in [9.17, 15) is 0 Å². The molecule has 1 aromatic rings. The average molecular weight is 279 g/mol. The van der Waals surface area contributed by atoms with E-state index in [1.165, 1.54) is 0 Å². The van der Waals surface area contributed by atoms with Gasteiger partial charge in [0.05, 0.1) is 35.9 Å². The summed E-state index contributed by atoms with van der Waals surface area (Å²) in [5.74, 6) is 0. The molecule has 6 heteroatoms. The van der Waals surface area contributed by atoms with Gasteiger partial charge in [-0.15, -0.1) is 0 Å². The predicted octanol–water partition coefficient (Wildman–Crippen LogP) is 1.73. The lowest BCUT2D eigenvalue weighted by Gasteiger charge is -2.22. The Labute approximate surface area is 94.8 Å². The zero-order chi connectivity index (χ0) is 9.80. The monoisotopic (exact) mass is 278 g/mol. The molecule has 0 bridgehead atoms. The van der Waals surface area contributed by atoms with Gasteiger partial charge in [0, 0.05) is 6.54 Å². The molecule has 1 unspecified atom stereocenters. The van der Waals surface area contributed by atoms with Crippen molar-refractivity contribution >= 4 is 32.4 Å². The molecular formula is C8H11BrN2O2S. The minimum Gasteiger partial charge on any atom is -0.376 e. The summed E-state index contributed by atoms with van der Waals surface area (Å²) < 4.78 is 11.8. The second-order valence-corrected chi connectivity index (χ2v) is 5.33. The van der Waals surface area contributed by atoms with Gasteiger partial charge in [0.25, 0.3) is 0 Å². The van der Waals surface area contributed by atoms with Gasteiger partial charge < -0.3 is 14.8 Å². The van der Waals surface area contributed by atoms with Crippen molar-refractivity contribution in [1.82, 2.24) is 4.98 Å². The van der Waals surface area contributed by atoms with Crippen LogP contribution in [-0.4, -0.2) is 37.5 Å². The molecule has 1 saturated heterocycles. The Morgan fingerprint density at radius 2 is 2.57 bits per heavy atom. The first-order valence-electron chi connectivity index (χ1n) is 4.39. The third-order valence-electron chi connectivity index (χ3n) is 1.84. The molecule has 0 amide bonds. The van der Waals surface area contributed by atoms with Crippen LogP contribution in [0.15, 0.2) is 9.98 Å². The van der Waals surface area contributed by atoms with Crippen LogP contribution in [0.4, 0.5) is 5.13 Å². The SMILES string of the molecule is Brc1cnc(NCC2COCCO2)s1. The smallest absolute Gasteiger partial charge is 0.183 e. The van der Waals surface area contributed by atoms with Gasteiger partial charge in [0.2, 0.25) is 0 Å². The molecule has 1 atom stereocenters. The van der Waals surface area contributed by atoms with Crippen LogP contribution in [0.3, 0.4) is 0 Å². The summed E-state index contributed by atoms with van der Waals surface area (Å²) in [7, 11) is 0. The molecule has 78 valence electrons. The average Bonchev–Trinajstić information content (AvgIpc) is 2.63. The van der Waals surface area contributed by atoms with Gasteiger partial charge in [-0.25, -0.2) is 4.98 Å². The third-order valence-corrected chi connectivity index (χ3v) is 3.28. The highest BCUT2D eigenvalue weighted by molar-refractivity contribution is 9.11. The molecule has 0 spiro atoms. The van der Waals surface area contributed by atoms with E-state index in [-0.39, 0.29) is 6.10 Å². The summed E-state index contributed by atoms with van der Waals surface area (Å²) in [6.45, 7) is 2.81. The Morgan fingerprint density at radius 1 is 1.64 bits per heavy atom. The quantitative estimate of drug-likeness (QED) is 0.915.